The highest BCUT2D eigenvalue weighted by Gasteiger charge is 2.23. The SMILES string of the molecule is COc1ccc(Br)cc1S(=O)(=O)N[C@@H](C)c1ccc(C)cc1C. The van der Waals surface area contributed by atoms with Crippen molar-refractivity contribution in [3.63, 3.8) is 0 Å². The average molecular weight is 398 g/mol. The van der Waals surface area contributed by atoms with Crippen molar-refractivity contribution in [1.29, 1.82) is 0 Å². The summed E-state index contributed by atoms with van der Waals surface area (Å²) in [6.45, 7) is 5.82. The molecule has 0 spiro atoms. The third-order valence-electron chi connectivity index (χ3n) is 3.64. The van der Waals surface area contributed by atoms with Crippen molar-refractivity contribution in [2.75, 3.05) is 7.11 Å². The normalized spacial score (nSPS) is 12.9. The maximum absolute atomic E-state index is 12.7. The molecule has 124 valence electrons. The van der Waals surface area contributed by atoms with Crippen molar-refractivity contribution in [3.8, 4) is 5.75 Å². The van der Waals surface area contributed by atoms with E-state index in [0.717, 1.165) is 16.7 Å². The van der Waals surface area contributed by atoms with Crippen LogP contribution in [-0.2, 0) is 10.0 Å². The minimum atomic E-state index is -3.70. The van der Waals surface area contributed by atoms with Crippen LogP contribution in [0.25, 0.3) is 0 Å². The molecule has 0 aliphatic rings. The summed E-state index contributed by atoms with van der Waals surface area (Å²) in [5.74, 6) is 0.313. The van der Waals surface area contributed by atoms with E-state index < -0.39 is 10.0 Å². The summed E-state index contributed by atoms with van der Waals surface area (Å²) in [7, 11) is -2.25. The first kappa shape index (κ1) is 18.0. The average Bonchev–Trinajstić information content (AvgIpc) is 2.46. The molecule has 0 amide bonds. The number of rotatable bonds is 5. The van der Waals surface area contributed by atoms with Gasteiger partial charge in [-0.15, -0.1) is 0 Å². The van der Waals surface area contributed by atoms with Gasteiger partial charge in [0.15, 0.2) is 0 Å². The number of sulfonamides is 1. The maximum atomic E-state index is 12.7. The molecule has 0 fully saturated rings. The molecule has 0 aromatic heterocycles. The molecule has 0 unspecified atom stereocenters. The largest absolute Gasteiger partial charge is 0.495 e. The number of hydrogen-bond donors (Lipinski definition) is 1. The van der Waals surface area contributed by atoms with E-state index in [1.807, 2.05) is 39.0 Å². The lowest BCUT2D eigenvalue weighted by Crippen LogP contribution is -2.27. The summed E-state index contributed by atoms with van der Waals surface area (Å²) in [4.78, 5) is 0.117. The first-order valence-electron chi connectivity index (χ1n) is 7.17. The Morgan fingerprint density at radius 3 is 2.43 bits per heavy atom. The second kappa shape index (κ2) is 7.03. The molecule has 2 aromatic rings. The van der Waals surface area contributed by atoms with Crippen molar-refractivity contribution in [2.45, 2.75) is 31.7 Å². The zero-order valence-corrected chi connectivity index (χ0v) is 16.0. The van der Waals surface area contributed by atoms with Gasteiger partial charge in [0.2, 0.25) is 10.0 Å². The molecule has 0 bridgehead atoms. The van der Waals surface area contributed by atoms with Crippen molar-refractivity contribution in [2.24, 2.45) is 0 Å². The summed E-state index contributed by atoms with van der Waals surface area (Å²) in [5, 5.41) is 0. The van der Waals surface area contributed by atoms with Crippen molar-refractivity contribution >= 4 is 26.0 Å². The van der Waals surface area contributed by atoms with Crippen molar-refractivity contribution < 1.29 is 13.2 Å². The molecule has 0 aliphatic heterocycles. The molecule has 23 heavy (non-hydrogen) atoms. The lowest BCUT2D eigenvalue weighted by Gasteiger charge is -2.18. The third kappa shape index (κ3) is 4.13. The Balaban J connectivity index is 2.36. The Morgan fingerprint density at radius 2 is 1.83 bits per heavy atom. The molecule has 2 rings (SSSR count). The van der Waals surface area contributed by atoms with E-state index in [0.29, 0.717) is 10.2 Å². The van der Waals surface area contributed by atoms with Gasteiger partial charge in [-0.3, -0.25) is 0 Å². The van der Waals surface area contributed by atoms with Crippen LogP contribution in [0.4, 0.5) is 0 Å². The summed E-state index contributed by atoms with van der Waals surface area (Å²) >= 11 is 3.30. The molecule has 0 aliphatic carbocycles. The van der Waals surface area contributed by atoms with Crippen LogP contribution in [0.15, 0.2) is 45.8 Å². The second-order valence-electron chi connectivity index (χ2n) is 5.50. The quantitative estimate of drug-likeness (QED) is 0.825. The number of aryl methyl sites for hydroxylation is 2. The Kier molecular flexibility index (Phi) is 5.49. The second-order valence-corrected chi connectivity index (χ2v) is 8.10. The fraction of sp³-hybridized carbons (Fsp3) is 0.294. The molecule has 2 aromatic carbocycles. The smallest absolute Gasteiger partial charge is 0.244 e. The number of hydrogen-bond acceptors (Lipinski definition) is 3. The van der Waals surface area contributed by atoms with Crippen LogP contribution in [-0.4, -0.2) is 15.5 Å². The van der Waals surface area contributed by atoms with E-state index in [9.17, 15) is 8.42 Å². The highest BCUT2D eigenvalue weighted by Crippen LogP contribution is 2.29. The predicted octanol–water partition coefficient (Wildman–Crippen LogP) is 4.11. The summed E-state index contributed by atoms with van der Waals surface area (Å²) in [6.07, 6.45) is 0. The summed E-state index contributed by atoms with van der Waals surface area (Å²) in [6, 6.07) is 10.5. The fourth-order valence-corrected chi connectivity index (χ4v) is 4.46. The molecule has 0 saturated carbocycles. The number of nitrogens with one attached hydrogen (secondary N) is 1. The van der Waals surface area contributed by atoms with Gasteiger partial charge in [-0.05, 0) is 50.1 Å². The number of benzene rings is 2. The van der Waals surface area contributed by atoms with E-state index in [4.69, 9.17) is 4.74 Å². The Morgan fingerprint density at radius 1 is 1.13 bits per heavy atom. The first-order valence-corrected chi connectivity index (χ1v) is 9.45. The molecule has 1 atom stereocenters. The minimum Gasteiger partial charge on any atom is -0.495 e. The summed E-state index contributed by atoms with van der Waals surface area (Å²) in [5.41, 5.74) is 3.16. The van der Waals surface area contributed by atoms with Crippen LogP contribution in [0.5, 0.6) is 5.75 Å². The van der Waals surface area contributed by atoms with Gasteiger partial charge in [-0.1, -0.05) is 39.7 Å². The van der Waals surface area contributed by atoms with Crippen LogP contribution in [0, 0.1) is 13.8 Å². The Labute approximate surface area is 146 Å². The van der Waals surface area contributed by atoms with E-state index in [2.05, 4.69) is 20.7 Å². The van der Waals surface area contributed by atoms with Gasteiger partial charge in [-0.25, -0.2) is 13.1 Å². The predicted molar refractivity (Wildman–Crippen MR) is 95.3 cm³/mol. The van der Waals surface area contributed by atoms with Crippen molar-refractivity contribution in [1.82, 2.24) is 4.72 Å². The Bertz CT molecular complexity index is 819. The van der Waals surface area contributed by atoms with Crippen LogP contribution in [0.1, 0.15) is 29.7 Å². The van der Waals surface area contributed by atoms with Crippen LogP contribution in [0.2, 0.25) is 0 Å². The zero-order chi connectivity index (χ0) is 17.2. The standard InChI is InChI=1S/C17H20BrNO3S/c1-11-5-7-15(12(2)9-11)13(3)19-23(20,21)17-10-14(18)6-8-16(17)22-4/h5-10,13,19H,1-4H3/t13-/m0/s1. The maximum Gasteiger partial charge on any atom is 0.244 e. The third-order valence-corrected chi connectivity index (χ3v) is 5.69. The minimum absolute atomic E-state index is 0.117. The monoisotopic (exact) mass is 397 g/mol. The molecule has 6 heteroatoms. The highest BCUT2D eigenvalue weighted by molar-refractivity contribution is 9.10. The number of halogens is 1. The summed E-state index contributed by atoms with van der Waals surface area (Å²) < 4.78 is 34.0. The van der Waals surface area contributed by atoms with E-state index in [-0.39, 0.29) is 10.9 Å². The van der Waals surface area contributed by atoms with Gasteiger partial charge in [0.25, 0.3) is 0 Å². The van der Waals surface area contributed by atoms with Crippen LogP contribution < -0.4 is 9.46 Å². The number of methoxy groups -OCH3 is 1. The van der Waals surface area contributed by atoms with Crippen LogP contribution >= 0.6 is 15.9 Å². The van der Waals surface area contributed by atoms with Gasteiger partial charge in [0.05, 0.1) is 7.11 Å². The lowest BCUT2D eigenvalue weighted by molar-refractivity contribution is 0.402. The van der Waals surface area contributed by atoms with E-state index in [1.165, 1.54) is 13.2 Å². The molecule has 1 N–H and O–H groups in total. The fourth-order valence-electron chi connectivity index (χ4n) is 2.53. The van der Waals surface area contributed by atoms with Gasteiger partial charge < -0.3 is 4.74 Å². The topological polar surface area (TPSA) is 55.4 Å². The molecular formula is C17H20BrNO3S. The van der Waals surface area contributed by atoms with Gasteiger partial charge >= 0.3 is 0 Å². The lowest BCUT2D eigenvalue weighted by atomic mass is 10.0. The zero-order valence-electron chi connectivity index (χ0n) is 13.6. The molecule has 0 radical (unpaired) electrons. The van der Waals surface area contributed by atoms with Gasteiger partial charge in [0.1, 0.15) is 10.6 Å². The van der Waals surface area contributed by atoms with E-state index >= 15 is 0 Å². The Hall–Kier alpha value is -1.37. The molecule has 4 nitrogen and oxygen atoms in total. The van der Waals surface area contributed by atoms with Crippen LogP contribution in [0.3, 0.4) is 0 Å². The van der Waals surface area contributed by atoms with Gasteiger partial charge in [0, 0.05) is 10.5 Å². The molecule has 0 saturated heterocycles. The first-order chi connectivity index (χ1) is 10.7. The molecule has 0 heterocycles. The highest BCUT2D eigenvalue weighted by atomic mass is 79.9. The van der Waals surface area contributed by atoms with E-state index in [1.54, 1.807) is 12.1 Å². The van der Waals surface area contributed by atoms with Crippen molar-refractivity contribution in [3.05, 3.63) is 57.6 Å². The molecular weight excluding hydrogens is 378 g/mol. The van der Waals surface area contributed by atoms with Gasteiger partial charge in [-0.2, -0.15) is 0 Å². The number of ether oxygens (including phenoxy) is 1.